The number of nitrogens with one attached hydrogen (secondary N) is 1. The van der Waals surface area contributed by atoms with Crippen molar-refractivity contribution in [1.29, 1.82) is 0 Å². The molecule has 2 nitrogen and oxygen atoms in total. The zero-order valence-corrected chi connectivity index (χ0v) is 11.9. The lowest BCUT2D eigenvalue weighted by atomic mass is 9.97. The molecule has 0 radical (unpaired) electrons. The molecular formula is C13H25F4NO. The molecule has 0 aliphatic heterocycles. The van der Waals surface area contributed by atoms with Crippen LogP contribution in [0, 0.1) is 5.92 Å². The van der Waals surface area contributed by atoms with E-state index in [4.69, 9.17) is 4.74 Å². The predicted octanol–water partition coefficient (Wildman–Crippen LogP) is 3.71. The number of alkyl halides is 4. The van der Waals surface area contributed by atoms with Gasteiger partial charge < -0.3 is 10.1 Å². The van der Waals surface area contributed by atoms with Crippen molar-refractivity contribution in [3.63, 3.8) is 0 Å². The monoisotopic (exact) mass is 287 g/mol. The van der Waals surface area contributed by atoms with E-state index in [1.54, 1.807) is 0 Å². The Labute approximate surface area is 112 Å². The summed E-state index contributed by atoms with van der Waals surface area (Å²) >= 11 is 0. The van der Waals surface area contributed by atoms with Crippen LogP contribution >= 0.6 is 0 Å². The van der Waals surface area contributed by atoms with E-state index in [1.807, 2.05) is 20.8 Å². The molecule has 0 saturated carbocycles. The fraction of sp³-hybridized carbons (Fsp3) is 1.00. The van der Waals surface area contributed by atoms with Crippen molar-refractivity contribution in [2.24, 2.45) is 5.92 Å². The van der Waals surface area contributed by atoms with E-state index < -0.39 is 19.0 Å². The highest BCUT2D eigenvalue weighted by Crippen LogP contribution is 2.23. The zero-order chi connectivity index (χ0) is 14.9. The van der Waals surface area contributed by atoms with Crippen molar-refractivity contribution in [2.45, 2.75) is 58.4 Å². The van der Waals surface area contributed by atoms with E-state index in [9.17, 15) is 17.6 Å². The normalized spacial score (nSPS) is 15.8. The molecule has 0 aliphatic carbocycles. The number of rotatable bonds is 11. The van der Waals surface area contributed by atoms with Crippen LogP contribution in [0.1, 0.15) is 40.0 Å². The molecule has 116 valence electrons. The summed E-state index contributed by atoms with van der Waals surface area (Å²) in [5.41, 5.74) is 0. The van der Waals surface area contributed by atoms with Gasteiger partial charge in [0.15, 0.2) is 0 Å². The lowest BCUT2D eigenvalue weighted by Gasteiger charge is -2.26. The van der Waals surface area contributed by atoms with Crippen LogP contribution in [-0.2, 0) is 4.74 Å². The van der Waals surface area contributed by atoms with Gasteiger partial charge in [0.2, 0.25) is 0 Å². The van der Waals surface area contributed by atoms with Gasteiger partial charge in [-0.25, -0.2) is 8.78 Å². The Kier molecular flexibility index (Phi) is 9.35. The second-order valence-corrected chi connectivity index (χ2v) is 4.90. The fourth-order valence-electron chi connectivity index (χ4n) is 1.80. The van der Waals surface area contributed by atoms with Gasteiger partial charge in [-0.2, -0.15) is 8.78 Å². The molecule has 0 bridgehead atoms. The first-order valence-electron chi connectivity index (χ1n) is 6.82. The number of halogens is 4. The summed E-state index contributed by atoms with van der Waals surface area (Å²) in [5.74, 6) is -3.81. The third-order valence-corrected chi connectivity index (χ3v) is 3.00. The Hall–Kier alpha value is -0.360. The lowest BCUT2D eigenvalue weighted by molar-refractivity contribution is -0.167. The molecule has 0 aromatic rings. The van der Waals surface area contributed by atoms with Gasteiger partial charge in [0.25, 0.3) is 0 Å². The summed E-state index contributed by atoms with van der Waals surface area (Å²) in [4.78, 5) is 0. The van der Waals surface area contributed by atoms with Crippen LogP contribution in [-0.4, -0.2) is 38.1 Å². The molecule has 0 fully saturated rings. The SMILES string of the molecule is CCCNC(COCC(F)(F)C(F)F)C(C)CCC. The minimum Gasteiger partial charge on any atom is -0.373 e. The Morgan fingerprint density at radius 1 is 1.16 bits per heavy atom. The van der Waals surface area contributed by atoms with Crippen molar-refractivity contribution in [1.82, 2.24) is 5.32 Å². The predicted molar refractivity (Wildman–Crippen MR) is 67.9 cm³/mol. The maximum atomic E-state index is 12.7. The molecule has 0 aromatic heterocycles. The van der Waals surface area contributed by atoms with E-state index in [2.05, 4.69) is 5.32 Å². The van der Waals surface area contributed by atoms with Crippen molar-refractivity contribution < 1.29 is 22.3 Å². The summed E-state index contributed by atoms with van der Waals surface area (Å²) in [5, 5.41) is 3.21. The average molecular weight is 287 g/mol. The van der Waals surface area contributed by atoms with Crippen LogP contribution in [0.4, 0.5) is 17.6 Å². The van der Waals surface area contributed by atoms with Crippen LogP contribution in [0.2, 0.25) is 0 Å². The molecule has 0 aliphatic rings. The van der Waals surface area contributed by atoms with Gasteiger partial charge in [-0.05, 0) is 25.3 Å². The second-order valence-electron chi connectivity index (χ2n) is 4.90. The van der Waals surface area contributed by atoms with E-state index in [0.717, 1.165) is 25.8 Å². The molecule has 0 amide bonds. The van der Waals surface area contributed by atoms with Gasteiger partial charge in [-0.3, -0.25) is 0 Å². The fourth-order valence-corrected chi connectivity index (χ4v) is 1.80. The quantitative estimate of drug-likeness (QED) is 0.585. The molecule has 0 rings (SSSR count). The van der Waals surface area contributed by atoms with Gasteiger partial charge in [-0.1, -0.05) is 27.2 Å². The number of hydrogen-bond donors (Lipinski definition) is 1. The zero-order valence-electron chi connectivity index (χ0n) is 11.9. The van der Waals surface area contributed by atoms with Gasteiger partial charge in [0.05, 0.1) is 6.61 Å². The molecule has 0 spiro atoms. The van der Waals surface area contributed by atoms with Crippen molar-refractivity contribution in [2.75, 3.05) is 19.8 Å². The summed E-state index contributed by atoms with van der Waals surface area (Å²) in [7, 11) is 0. The summed E-state index contributed by atoms with van der Waals surface area (Å²) in [6, 6.07) is -0.0756. The highest BCUT2D eigenvalue weighted by atomic mass is 19.3. The van der Waals surface area contributed by atoms with E-state index >= 15 is 0 Å². The summed E-state index contributed by atoms with van der Waals surface area (Å²) in [6.45, 7) is 5.61. The Morgan fingerprint density at radius 2 is 1.79 bits per heavy atom. The van der Waals surface area contributed by atoms with Gasteiger partial charge in [0, 0.05) is 6.04 Å². The topological polar surface area (TPSA) is 21.3 Å². The molecule has 0 heterocycles. The molecule has 0 aromatic carbocycles. The van der Waals surface area contributed by atoms with Crippen LogP contribution in [0.5, 0.6) is 0 Å². The van der Waals surface area contributed by atoms with Crippen molar-refractivity contribution in [3.8, 4) is 0 Å². The number of hydrogen-bond acceptors (Lipinski definition) is 2. The standard InChI is InChI=1S/C13H25F4NO/c1-4-6-10(3)11(18-7-5-2)8-19-9-13(16,17)12(14)15/h10-12,18H,4-9H2,1-3H3. The summed E-state index contributed by atoms with van der Waals surface area (Å²) in [6.07, 6.45) is -0.834. The van der Waals surface area contributed by atoms with Crippen LogP contribution in [0.15, 0.2) is 0 Å². The lowest BCUT2D eigenvalue weighted by Crippen LogP contribution is -2.41. The average Bonchev–Trinajstić information content (AvgIpc) is 2.33. The summed E-state index contributed by atoms with van der Waals surface area (Å²) < 4.78 is 54.1. The van der Waals surface area contributed by atoms with Crippen LogP contribution in [0.3, 0.4) is 0 Å². The Morgan fingerprint density at radius 3 is 2.26 bits per heavy atom. The van der Waals surface area contributed by atoms with Crippen molar-refractivity contribution >= 4 is 0 Å². The molecule has 2 atom stereocenters. The molecule has 2 unspecified atom stereocenters. The Balaban J connectivity index is 4.18. The third-order valence-electron chi connectivity index (χ3n) is 3.00. The van der Waals surface area contributed by atoms with Crippen LogP contribution < -0.4 is 5.32 Å². The van der Waals surface area contributed by atoms with Crippen molar-refractivity contribution in [3.05, 3.63) is 0 Å². The largest absolute Gasteiger partial charge is 0.373 e. The smallest absolute Gasteiger partial charge is 0.330 e. The first kappa shape index (κ1) is 18.6. The highest BCUT2D eigenvalue weighted by Gasteiger charge is 2.41. The molecule has 19 heavy (non-hydrogen) atoms. The maximum absolute atomic E-state index is 12.7. The molecule has 6 heteroatoms. The molecular weight excluding hydrogens is 262 g/mol. The first-order valence-corrected chi connectivity index (χ1v) is 6.82. The van der Waals surface area contributed by atoms with E-state index in [0.29, 0.717) is 0 Å². The molecule has 0 saturated heterocycles. The highest BCUT2D eigenvalue weighted by molar-refractivity contribution is 4.74. The second kappa shape index (κ2) is 9.53. The minimum atomic E-state index is -4.07. The van der Waals surface area contributed by atoms with Gasteiger partial charge in [0.1, 0.15) is 6.61 Å². The van der Waals surface area contributed by atoms with Gasteiger partial charge in [-0.15, -0.1) is 0 Å². The number of ether oxygens (including phenoxy) is 1. The van der Waals surface area contributed by atoms with Gasteiger partial charge >= 0.3 is 12.3 Å². The minimum absolute atomic E-state index is 0.0312. The first-order chi connectivity index (χ1) is 8.85. The van der Waals surface area contributed by atoms with E-state index in [1.165, 1.54) is 0 Å². The van der Waals surface area contributed by atoms with E-state index in [-0.39, 0.29) is 18.6 Å². The molecule has 1 N–H and O–H groups in total. The van der Waals surface area contributed by atoms with Crippen LogP contribution in [0.25, 0.3) is 0 Å². The third kappa shape index (κ3) is 7.72. The Bertz CT molecular complexity index is 227. The maximum Gasteiger partial charge on any atom is 0.330 e.